The van der Waals surface area contributed by atoms with E-state index in [0.717, 1.165) is 6.20 Å². The van der Waals surface area contributed by atoms with Crippen molar-refractivity contribution in [2.75, 3.05) is 11.3 Å². The molecular formula is C13H14ClN3O4S. The van der Waals surface area contributed by atoms with Crippen LogP contribution >= 0.6 is 11.6 Å². The SMILES string of the molecule is CCOC(=O)c1cn[nH]c1S(=O)(=O)Nc1cc(Cl)ccc1C. The van der Waals surface area contributed by atoms with Gasteiger partial charge in [0.05, 0.1) is 18.5 Å². The van der Waals surface area contributed by atoms with Crippen molar-refractivity contribution in [3.63, 3.8) is 0 Å². The predicted octanol–water partition coefficient (Wildman–Crippen LogP) is 2.35. The summed E-state index contributed by atoms with van der Waals surface area (Å²) < 4.78 is 32.0. The Labute approximate surface area is 132 Å². The third-order valence-corrected chi connectivity index (χ3v) is 4.38. The summed E-state index contributed by atoms with van der Waals surface area (Å²) in [6.07, 6.45) is 1.11. The van der Waals surface area contributed by atoms with Gasteiger partial charge in [-0.3, -0.25) is 9.82 Å². The zero-order chi connectivity index (χ0) is 16.3. The number of anilines is 1. The molecule has 118 valence electrons. The molecule has 1 aromatic heterocycles. The number of aromatic nitrogens is 2. The maximum atomic E-state index is 12.4. The highest BCUT2D eigenvalue weighted by Crippen LogP contribution is 2.24. The van der Waals surface area contributed by atoms with Crippen LogP contribution in [-0.4, -0.2) is 31.2 Å². The summed E-state index contributed by atoms with van der Waals surface area (Å²) in [5, 5.41) is 5.94. The second kappa shape index (κ2) is 6.37. The number of ether oxygens (including phenoxy) is 1. The maximum absolute atomic E-state index is 12.4. The van der Waals surface area contributed by atoms with Gasteiger partial charge in [-0.1, -0.05) is 17.7 Å². The number of carbonyl (C=O) groups excluding carboxylic acids is 1. The lowest BCUT2D eigenvalue weighted by molar-refractivity contribution is 0.0522. The first-order valence-corrected chi connectivity index (χ1v) is 8.20. The number of nitrogens with zero attached hydrogens (tertiary/aromatic N) is 1. The Morgan fingerprint density at radius 2 is 2.18 bits per heavy atom. The van der Waals surface area contributed by atoms with Crippen LogP contribution < -0.4 is 4.72 Å². The van der Waals surface area contributed by atoms with Gasteiger partial charge < -0.3 is 4.74 Å². The van der Waals surface area contributed by atoms with E-state index in [1.807, 2.05) is 0 Å². The largest absolute Gasteiger partial charge is 0.462 e. The van der Waals surface area contributed by atoms with E-state index in [-0.39, 0.29) is 17.2 Å². The number of carbonyl (C=O) groups is 1. The number of hydrogen-bond donors (Lipinski definition) is 2. The van der Waals surface area contributed by atoms with E-state index in [0.29, 0.717) is 16.3 Å². The number of halogens is 1. The highest BCUT2D eigenvalue weighted by atomic mass is 35.5. The summed E-state index contributed by atoms with van der Waals surface area (Å²) in [5.74, 6) is -0.764. The first-order chi connectivity index (χ1) is 10.3. The molecule has 0 aliphatic rings. The van der Waals surface area contributed by atoms with Crippen LogP contribution in [0.15, 0.2) is 29.4 Å². The highest BCUT2D eigenvalue weighted by molar-refractivity contribution is 7.92. The third kappa shape index (κ3) is 3.40. The molecule has 2 aromatic rings. The summed E-state index contributed by atoms with van der Waals surface area (Å²) in [4.78, 5) is 11.8. The minimum Gasteiger partial charge on any atom is -0.462 e. The number of sulfonamides is 1. The van der Waals surface area contributed by atoms with Gasteiger partial charge in [0.2, 0.25) is 0 Å². The van der Waals surface area contributed by atoms with Crippen molar-refractivity contribution in [1.82, 2.24) is 10.2 Å². The number of esters is 1. The quantitative estimate of drug-likeness (QED) is 0.811. The zero-order valence-corrected chi connectivity index (χ0v) is 13.5. The normalized spacial score (nSPS) is 11.2. The van der Waals surface area contributed by atoms with E-state index in [9.17, 15) is 13.2 Å². The van der Waals surface area contributed by atoms with Gasteiger partial charge in [0, 0.05) is 5.02 Å². The summed E-state index contributed by atoms with van der Waals surface area (Å²) in [6, 6.07) is 4.81. The van der Waals surface area contributed by atoms with E-state index in [4.69, 9.17) is 16.3 Å². The average Bonchev–Trinajstić information content (AvgIpc) is 2.93. The number of hydrogen-bond acceptors (Lipinski definition) is 5. The molecule has 0 unspecified atom stereocenters. The fraction of sp³-hybridized carbons (Fsp3) is 0.231. The van der Waals surface area contributed by atoms with Crippen molar-refractivity contribution >= 4 is 33.3 Å². The van der Waals surface area contributed by atoms with Crippen molar-refractivity contribution in [3.8, 4) is 0 Å². The van der Waals surface area contributed by atoms with Gasteiger partial charge in [-0.15, -0.1) is 0 Å². The molecule has 0 spiro atoms. The smallest absolute Gasteiger partial charge is 0.342 e. The van der Waals surface area contributed by atoms with Crippen LogP contribution in [-0.2, 0) is 14.8 Å². The minimum atomic E-state index is -4.03. The molecule has 1 aromatic carbocycles. The second-order valence-electron chi connectivity index (χ2n) is 4.40. The molecule has 0 atom stereocenters. The van der Waals surface area contributed by atoms with Crippen molar-refractivity contribution in [2.24, 2.45) is 0 Å². The Balaban J connectivity index is 2.38. The van der Waals surface area contributed by atoms with E-state index < -0.39 is 16.0 Å². The number of rotatable bonds is 5. The number of aromatic amines is 1. The maximum Gasteiger partial charge on any atom is 0.342 e. The lowest BCUT2D eigenvalue weighted by atomic mass is 10.2. The Hall–Kier alpha value is -2.06. The van der Waals surface area contributed by atoms with Crippen LogP contribution in [0.1, 0.15) is 22.8 Å². The number of H-pyrrole nitrogens is 1. The molecule has 0 saturated carbocycles. The second-order valence-corrected chi connectivity index (χ2v) is 6.45. The zero-order valence-electron chi connectivity index (χ0n) is 11.9. The number of benzene rings is 1. The lowest BCUT2D eigenvalue weighted by Crippen LogP contribution is -2.18. The van der Waals surface area contributed by atoms with E-state index in [1.165, 1.54) is 6.07 Å². The number of nitrogens with one attached hydrogen (secondary N) is 2. The molecule has 9 heteroatoms. The molecule has 22 heavy (non-hydrogen) atoms. The molecule has 0 bridgehead atoms. The van der Waals surface area contributed by atoms with E-state index in [2.05, 4.69) is 14.9 Å². The van der Waals surface area contributed by atoms with Crippen molar-refractivity contribution in [2.45, 2.75) is 18.9 Å². The molecule has 0 aliphatic carbocycles. The fourth-order valence-electron chi connectivity index (χ4n) is 1.73. The van der Waals surface area contributed by atoms with Gasteiger partial charge in [0.15, 0.2) is 5.03 Å². The highest BCUT2D eigenvalue weighted by Gasteiger charge is 2.26. The van der Waals surface area contributed by atoms with Crippen molar-refractivity contribution in [3.05, 3.63) is 40.5 Å². The Morgan fingerprint density at radius 1 is 1.45 bits per heavy atom. The van der Waals surface area contributed by atoms with Gasteiger partial charge in [-0.25, -0.2) is 4.79 Å². The Bertz CT molecular complexity index is 801. The van der Waals surface area contributed by atoms with Crippen LogP contribution in [0.2, 0.25) is 5.02 Å². The van der Waals surface area contributed by atoms with E-state index >= 15 is 0 Å². The molecule has 2 N–H and O–H groups in total. The van der Waals surface area contributed by atoms with Crippen molar-refractivity contribution < 1.29 is 17.9 Å². The van der Waals surface area contributed by atoms with E-state index in [1.54, 1.807) is 26.0 Å². The van der Waals surface area contributed by atoms with Crippen LogP contribution in [0.3, 0.4) is 0 Å². The average molecular weight is 344 g/mol. The monoisotopic (exact) mass is 343 g/mol. The van der Waals surface area contributed by atoms with Crippen LogP contribution in [0.25, 0.3) is 0 Å². The molecule has 0 fully saturated rings. The molecule has 0 aliphatic heterocycles. The molecule has 7 nitrogen and oxygen atoms in total. The van der Waals surface area contributed by atoms with Gasteiger partial charge in [0.1, 0.15) is 5.56 Å². The van der Waals surface area contributed by atoms with Crippen LogP contribution in [0.5, 0.6) is 0 Å². The summed E-state index contributed by atoms with van der Waals surface area (Å²) in [7, 11) is -4.03. The van der Waals surface area contributed by atoms with Gasteiger partial charge in [0.25, 0.3) is 10.0 Å². The molecule has 0 saturated heterocycles. The summed E-state index contributed by atoms with van der Waals surface area (Å²) in [5.41, 5.74) is 0.844. The molecular weight excluding hydrogens is 330 g/mol. The standard InChI is InChI=1S/C13H14ClN3O4S/c1-3-21-13(18)10-7-15-16-12(10)22(19,20)17-11-6-9(14)5-4-8(11)2/h4-7,17H,3H2,1-2H3,(H,15,16). The summed E-state index contributed by atoms with van der Waals surface area (Å²) >= 11 is 5.86. The number of aryl methyl sites for hydroxylation is 1. The van der Waals surface area contributed by atoms with Gasteiger partial charge in [-0.2, -0.15) is 13.5 Å². The van der Waals surface area contributed by atoms with Crippen molar-refractivity contribution in [1.29, 1.82) is 0 Å². The van der Waals surface area contributed by atoms with Gasteiger partial charge in [-0.05, 0) is 31.5 Å². The Kier molecular flexibility index (Phi) is 4.72. The van der Waals surface area contributed by atoms with Crippen LogP contribution in [0.4, 0.5) is 5.69 Å². The minimum absolute atomic E-state index is 0.129. The summed E-state index contributed by atoms with van der Waals surface area (Å²) in [6.45, 7) is 3.48. The molecule has 2 rings (SSSR count). The topological polar surface area (TPSA) is 101 Å². The fourth-order valence-corrected chi connectivity index (χ4v) is 3.12. The predicted molar refractivity (Wildman–Crippen MR) is 81.5 cm³/mol. The lowest BCUT2D eigenvalue weighted by Gasteiger charge is -2.10. The molecule has 0 radical (unpaired) electrons. The third-order valence-electron chi connectivity index (χ3n) is 2.81. The Morgan fingerprint density at radius 3 is 2.86 bits per heavy atom. The van der Waals surface area contributed by atoms with Crippen LogP contribution in [0, 0.1) is 6.92 Å². The molecule has 1 heterocycles. The van der Waals surface area contributed by atoms with Gasteiger partial charge >= 0.3 is 5.97 Å². The first kappa shape index (κ1) is 16.3. The first-order valence-electron chi connectivity index (χ1n) is 6.34. The molecule has 0 amide bonds.